The van der Waals surface area contributed by atoms with E-state index in [9.17, 15) is 10.2 Å². The van der Waals surface area contributed by atoms with Gasteiger partial charge in [-0.15, -0.1) is 0 Å². The molecule has 1 aromatic rings. The molecule has 1 rings (SSSR count). The van der Waals surface area contributed by atoms with Crippen LogP contribution >= 0.6 is 0 Å². The van der Waals surface area contributed by atoms with Gasteiger partial charge in [0.15, 0.2) is 0 Å². The summed E-state index contributed by atoms with van der Waals surface area (Å²) in [6.45, 7) is 8.70. The molecule has 0 aromatic heterocycles. The van der Waals surface area contributed by atoms with Gasteiger partial charge in [0.2, 0.25) is 0 Å². The summed E-state index contributed by atoms with van der Waals surface area (Å²) in [6.07, 6.45) is 3.62. The van der Waals surface area contributed by atoms with Gasteiger partial charge >= 0.3 is 0 Å². The largest absolute Gasteiger partial charge is 0.508 e. The van der Waals surface area contributed by atoms with Gasteiger partial charge in [-0.3, -0.25) is 0 Å². The number of aromatic hydroxyl groups is 2. The molecule has 2 atom stereocenters. The van der Waals surface area contributed by atoms with E-state index in [-0.39, 0.29) is 17.5 Å². The molecule has 3 N–H and O–H groups in total. The molecule has 0 amide bonds. The van der Waals surface area contributed by atoms with E-state index in [1.807, 2.05) is 6.92 Å². The zero-order valence-corrected chi connectivity index (χ0v) is 12.5. The van der Waals surface area contributed by atoms with E-state index in [2.05, 4.69) is 26.1 Å². The smallest absolute Gasteiger partial charge is 0.124 e. The molecule has 0 saturated carbocycles. The van der Waals surface area contributed by atoms with Crippen LogP contribution in [-0.4, -0.2) is 16.3 Å². The summed E-state index contributed by atoms with van der Waals surface area (Å²) in [7, 11) is 0. The van der Waals surface area contributed by atoms with E-state index in [4.69, 9.17) is 0 Å². The number of phenolic OH excluding ortho intramolecular Hbond substituents is 2. The lowest BCUT2D eigenvalue weighted by molar-refractivity contribution is 0.405. The Balaban J connectivity index is 2.47. The van der Waals surface area contributed by atoms with Crippen molar-refractivity contribution in [2.75, 3.05) is 0 Å². The van der Waals surface area contributed by atoms with Crippen LogP contribution in [-0.2, 0) is 0 Å². The fraction of sp³-hybridized carbons (Fsp3) is 0.625. The maximum Gasteiger partial charge on any atom is 0.124 e. The quantitative estimate of drug-likeness (QED) is 0.699. The average Bonchev–Trinajstić information content (AvgIpc) is 2.27. The molecule has 19 heavy (non-hydrogen) atoms. The van der Waals surface area contributed by atoms with Gasteiger partial charge in [0.1, 0.15) is 11.5 Å². The molecule has 0 fully saturated rings. The maximum absolute atomic E-state index is 9.82. The van der Waals surface area contributed by atoms with Gasteiger partial charge in [0, 0.05) is 23.7 Å². The molecule has 0 aliphatic carbocycles. The second kappa shape index (κ2) is 7.39. The molecule has 0 saturated heterocycles. The fourth-order valence-electron chi connectivity index (χ4n) is 2.33. The van der Waals surface area contributed by atoms with Crippen molar-refractivity contribution in [3.8, 4) is 11.5 Å². The molecule has 1 aromatic carbocycles. The summed E-state index contributed by atoms with van der Waals surface area (Å²) in [5, 5.41) is 22.6. The van der Waals surface area contributed by atoms with Crippen LogP contribution in [0.4, 0.5) is 0 Å². The van der Waals surface area contributed by atoms with Gasteiger partial charge in [-0.2, -0.15) is 0 Å². The minimum Gasteiger partial charge on any atom is -0.508 e. The Hall–Kier alpha value is -1.22. The van der Waals surface area contributed by atoms with Gasteiger partial charge in [0.05, 0.1) is 0 Å². The Bertz CT molecular complexity index is 390. The third kappa shape index (κ3) is 5.52. The molecule has 0 bridgehead atoms. The predicted octanol–water partition coefficient (Wildman–Crippen LogP) is 3.96. The van der Waals surface area contributed by atoms with Crippen LogP contribution in [0.1, 0.15) is 58.6 Å². The third-order valence-corrected chi connectivity index (χ3v) is 3.43. The normalized spacial score (nSPS) is 14.6. The highest BCUT2D eigenvalue weighted by atomic mass is 16.3. The summed E-state index contributed by atoms with van der Waals surface area (Å²) in [4.78, 5) is 0. The van der Waals surface area contributed by atoms with Crippen LogP contribution in [0.15, 0.2) is 18.2 Å². The molecular weight excluding hydrogens is 238 g/mol. The van der Waals surface area contributed by atoms with Crippen LogP contribution in [0.2, 0.25) is 0 Å². The van der Waals surface area contributed by atoms with Gasteiger partial charge in [-0.25, -0.2) is 0 Å². The summed E-state index contributed by atoms with van der Waals surface area (Å²) >= 11 is 0. The summed E-state index contributed by atoms with van der Waals surface area (Å²) in [5.74, 6) is 0.999. The first kappa shape index (κ1) is 15.8. The van der Waals surface area contributed by atoms with E-state index < -0.39 is 0 Å². The van der Waals surface area contributed by atoms with E-state index in [0.29, 0.717) is 6.04 Å². The zero-order chi connectivity index (χ0) is 14.4. The van der Waals surface area contributed by atoms with E-state index in [1.165, 1.54) is 18.9 Å². The SMILES string of the molecule is CC(C)CCCC(C)NC(C)c1ccc(O)cc1O. The standard InChI is InChI=1S/C16H27NO2/c1-11(2)6-5-7-12(3)17-13(4)15-9-8-14(18)10-16(15)19/h8-13,17-19H,5-7H2,1-4H3. The molecule has 108 valence electrons. The van der Waals surface area contributed by atoms with Gasteiger partial charge < -0.3 is 15.5 Å². The van der Waals surface area contributed by atoms with Gasteiger partial charge in [0.25, 0.3) is 0 Å². The highest BCUT2D eigenvalue weighted by Gasteiger charge is 2.13. The first-order valence-corrected chi connectivity index (χ1v) is 7.18. The lowest BCUT2D eigenvalue weighted by atomic mass is 10.0. The number of phenols is 2. The van der Waals surface area contributed by atoms with Crippen LogP contribution in [0.5, 0.6) is 11.5 Å². The van der Waals surface area contributed by atoms with Crippen LogP contribution in [0, 0.1) is 5.92 Å². The van der Waals surface area contributed by atoms with Crippen molar-refractivity contribution in [3.05, 3.63) is 23.8 Å². The lowest BCUT2D eigenvalue weighted by Crippen LogP contribution is -2.29. The number of nitrogens with one attached hydrogen (secondary N) is 1. The minimum absolute atomic E-state index is 0.0784. The number of hydrogen-bond donors (Lipinski definition) is 3. The minimum atomic E-state index is 0.0784. The highest BCUT2D eigenvalue weighted by Crippen LogP contribution is 2.28. The molecule has 2 unspecified atom stereocenters. The van der Waals surface area contributed by atoms with Crippen molar-refractivity contribution < 1.29 is 10.2 Å². The molecule has 0 heterocycles. The van der Waals surface area contributed by atoms with Crippen molar-refractivity contribution in [1.82, 2.24) is 5.32 Å². The monoisotopic (exact) mass is 265 g/mol. The average molecular weight is 265 g/mol. The molecule has 0 aliphatic rings. The van der Waals surface area contributed by atoms with E-state index >= 15 is 0 Å². The Morgan fingerprint density at radius 3 is 2.32 bits per heavy atom. The number of benzene rings is 1. The molecule has 0 radical (unpaired) electrons. The molecule has 0 aliphatic heterocycles. The first-order valence-electron chi connectivity index (χ1n) is 7.18. The molecule has 0 spiro atoms. The Labute approximate surface area is 116 Å². The molecule has 3 heteroatoms. The highest BCUT2D eigenvalue weighted by molar-refractivity contribution is 5.40. The van der Waals surface area contributed by atoms with Crippen LogP contribution in [0.25, 0.3) is 0 Å². The lowest BCUT2D eigenvalue weighted by Gasteiger charge is -2.21. The predicted molar refractivity (Wildman–Crippen MR) is 79.5 cm³/mol. The van der Waals surface area contributed by atoms with Gasteiger partial charge in [-0.05, 0) is 32.3 Å². The third-order valence-electron chi connectivity index (χ3n) is 3.43. The second-order valence-electron chi connectivity index (χ2n) is 5.86. The van der Waals surface area contributed by atoms with Crippen LogP contribution < -0.4 is 5.32 Å². The van der Waals surface area contributed by atoms with Gasteiger partial charge in [-0.1, -0.05) is 32.8 Å². The zero-order valence-electron chi connectivity index (χ0n) is 12.5. The summed E-state index contributed by atoms with van der Waals surface area (Å²) in [5.41, 5.74) is 0.827. The fourth-order valence-corrected chi connectivity index (χ4v) is 2.33. The molecular formula is C16H27NO2. The number of hydrogen-bond acceptors (Lipinski definition) is 3. The number of rotatable bonds is 7. The van der Waals surface area contributed by atoms with E-state index in [0.717, 1.165) is 17.9 Å². The topological polar surface area (TPSA) is 52.5 Å². The van der Waals surface area contributed by atoms with Crippen molar-refractivity contribution in [2.45, 2.75) is 59.0 Å². The maximum atomic E-state index is 9.82. The first-order chi connectivity index (χ1) is 8.90. The summed E-state index contributed by atoms with van der Waals surface area (Å²) < 4.78 is 0. The van der Waals surface area contributed by atoms with Crippen LogP contribution in [0.3, 0.4) is 0 Å². The Morgan fingerprint density at radius 2 is 1.74 bits per heavy atom. The molecule has 3 nitrogen and oxygen atoms in total. The van der Waals surface area contributed by atoms with E-state index in [1.54, 1.807) is 12.1 Å². The Kier molecular flexibility index (Phi) is 6.16. The summed E-state index contributed by atoms with van der Waals surface area (Å²) in [6, 6.07) is 5.26. The second-order valence-corrected chi connectivity index (χ2v) is 5.86. The Morgan fingerprint density at radius 1 is 1.05 bits per heavy atom. The van der Waals surface area contributed by atoms with Crippen molar-refractivity contribution in [1.29, 1.82) is 0 Å². The van der Waals surface area contributed by atoms with Crippen molar-refractivity contribution in [3.63, 3.8) is 0 Å². The van der Waals surface area contributed by atoms with Crippen molar-refractivity contribution >= 4 is 0 Å². The van der Waals surface area contributed by atoms with Crippen molar-refractivity contribution in [2.24, 2.45) is 5.92 Å².